The minimum absolute atomic E-state index is 0.0846. The van der Waals surface area contributed by atoms with E-state index in [1.54, 1.807) is 0 Å². The Hall–Kier alpha value is -2.29. The second-order valence-corrected chi connectivity index (χ2v) is 5.05. The molecule has 0 radical (unpaired) electrons. The molecule has 0 aromatic heterocycles. The molecule has 0 spiro atoms. The molecule has 1 atom stereocenters. The predicted octanol–water partition coefficient (Wildman–Crippen LogP) is 3.99. The van der Waals surface area contributed by atoms with E-state index in [2.05, 4.69) is 24.0 Å². The Morgan fingerprint density at radius 1 is 1.14 bits per heavy atom. The van der Waals surface area contributed by atoms with E-state index in [1.165, 1.54) is 5.56 Å². The molecule has 0 fully saturated rings. The van der Waals surface area contributed by atoms with Crippen molar-refractivity contribution in [1.29, 1.82) is 0 Å². The molecule has 3 rings (SSSR count). The highest BCUT2D eigenvalue weighted by atomic mass is 16.5. The van der Waals surface area contributed by atoms with Gasteiger partial charge >= 0.3 is 0 Å². The van der Waals surface area contributed by atoms with Crippen molar-refractivity contribution >= 4 is 5.90 Å². The van der Waals surface area contributed by atoms with Crippen molar-refractivity contribution in [2.75, 3.05) is 13.2 Å². The normalized spacial score (nSPS) is 17.2. The van der Waals surface area contributed by atoms with Gasteiger partial charge in [0.15, 0.2) is 0 Å². The highest BCUT2D eigenvalue weighted by molar-refractivity contribution is 5.95. The van der Waals surface area contributed by atoms with Gasteiger partial charge in [-0.2, -0.15) is 0 Å². The van der Waals surface area contributed by atoms with Crippen LogP contribution in [0.5, 0.6) is 5.75 Å². The lowest BCUT2D eigenvalue weighted by atomic mass is 10.1. The summed E-state index contributed by atoms with van der Waals surface area (Å²) in [5, 5.41) is 0. The molecule has 3 nitrogen and oxygen atoms in total. The van der Waals surface area contributed by atoms with E-state index in [4.69, 9.17) is 9.47 Å². The molecule has 108 valence electrons. The minimum Gasteiger partial charge on any atom is -0.494 e. The Kier molecular flexibility index (Phi) is 4.20. The summed E-state index contributed by atoms with van der Waals surface area (Å²) in [4.78, 5) is 4.69. The summed E-state index contributed by atoms with van der Waals surface area (Å²) in [5.74, 6) is 1.56. The van der Waals surface area contributed by atoms with E-state index in [0.29, 0.717) is 12.5 Å². The van der Waals surface area contributed by atoms with Gasteiger partial charge in [0.25, 0.3) is 0 Å². The summed E-state index contributed by atoms with van der Waals surface area (Å²) in [7, 11) is 0. The molecular formula is C18H19NO2. The number of benzene rings is 2. The molecule has 3 heteroatoms. The van der Waals surface area contributed by atoms with E-state index in [9.17, 15) is 0 Å². The largest absolute Gasteiger partial charge is 0.494 e. The van der Waals surface area contributed by atoms with E-state index in [1.807, 2.05) is 42.5 Å². The molecule has 1 heterocycles. The first-order valence-electron chi connectivity index (χ1n) is 7.35. The fourth-order valence-corrected chi connectivity index (χ4v) is 2.32. The Bertz CT molecular complexity index is 622. The van der Waals surface area contributed by atoms with Crippen molar-refractivity contribution in [1.82, 2.24) is 0 Å². The van der Waals surface area contributed by atoms with Crippen LogP contribution >= 0.6 is 0 Å². The third-order valence-corrected chi connectivity index (χ3v) is 3.39. The smallest absolute Gasteiger partial charge is 0.217 e. The molecule has 0 aliphatic carbocycles. The maximum atomic E-state index is 5.76. The molecule has 1 unspecified atom stereocenters. The average Bonchev–Trinajstić information content (AvgIpc) is 3.04. The van der Waals surface area contributed by atoms with Crippen molar-refractivity contribution in [2.24, 2.45) is 4.99 Å². The van der Waals surface area contributed by atoms with Crippen molar-refractivity contribution in [3.8, 4) is 5.75 Å². The van der Waals surface area contributed by atoms with Gasteiger partial charge in [0.2, 0.25) is 5.90 Å². The quantitative estimate of drug-likeness (QED) is 0.829. The monoisotopic (exact) mass is 281 g/mol. The van der Waals surface area contributed by atoms with Gasteiger partial charge in [-0.15, -0.1) is 0 Å². The van der Waals surface area contributed by atoms with Crippen LogP contribution in [0, 0.1) is 0 Å². The fraction of sp³-hybridized carbons (Fsp3) is 0.278. The topological polar surface area (TPSA) is 30.8 Å². The van der Waals surface area contributed by atoms with Crippen LogP contribution in [0.2, 0.25) is 0 Å². The molecule has 0 bridgehead atoms. The van der Waals surface area contributed by atoms with Crippen LogP contribution in [0.25, 0.3) is 0 Å². The summed E-state index contributed by atoms with van der Waals surface area (Å²) in [6.07, 6.45) is 0.998. The molecule has 2 aromatic carbocycles. The third-order valence-electron chi connectivity index (χ3n) is 3.39. The molecule has 0 amide bonds. The zero-order chi connectivity index (χ0) is 14.5. The van der Waals surface area contributed by atoms with Gasteiger partial charge in [0.05, 0.1) is 6.61 Å². The Labute approximate surface area is 125 Å². The Morgan fingerprint density at radius 3 is 2.81 bits per heavy atom. The first kappa shape index (κ1) is 13.7. The number of nitrogens with zero attached hydrogens (tertiary/aromatic N) is 1. The van der Waals surface area contributed by atoms with Crippen molar-refractivity contribution < 1.29 is 9.47 Å². The van der Waals surface area contributed by atoms with Gasteiger partial charge in [-0.25, -0.2) is 4.99 Å². The zero-order valence-corrected chi connectivity index (χ0v) is 12.2. The molecule has 21 heavy (non-hydrogen) atoms. The number of hydrogen-bond donors (Lipinski definition) is 0. The van der Waals surface area contributed by atoms with Crippen molar-refractivity contribution in [2.45, 2.75) is 19.4 Å². The van der Waals surface area contributed by atoms with E-state index >= 15 is 0 Å². The van der Waals surface area contributed by atoms with Gasteiger partial charge < -0.3 is 9.47 Å². The maximum Gasteiger partial charge on any atom is 0.217 e. The zero-order valence-electron chi connectivity index (χ0n) is 12.2. The van der Waals surface area contributed by atoms with Crippen molar-refractivity contribution in [3.63, 3.8) is 0 Å². The maximum absolute atomic E-state index is 5.76. The lowest BCUT2D eigenvalue weighted by molar-refractivity contribution is 0.314. The molecule has 0 saturated heterocycles. The van der Waals surface area contributed by atoms with Crippen LogP contribution in [0.15, 0.2) is 59.6 Å². The first-order valence-corrected chi connectivity index (χ1v) is 7.35. The van der Waals surface area contributed by atoms with Crippen LogP contribution < -0.4 is 4.74 Å². The van der Waals surface area contributed by atoms with Crippen molar-refractivity contribution in [3.05, 3.63) is 65.7 Å². The highest BCUT2D eigenvalue weighted by Gasteiger charge is 2.21. The van der Waals surface area contributed by atoms with Crippen LogP contribution in [-0.4, -0.2) is 19.1 Å². The third kappa shape index (κ3) is 3.24. The summed E-state index contributed by atoms with van der Waals surface area (Å²) in [5.41, 5.74) is 2.16. The molecule has 1 aliphatic heterocycles. The van der Waals surface area contributed by atoms with Crippen LogP contribution in [0.1, 0.15) is 30.5 Å². The lowest BCUT2D eigenvalue weighted by Crippen LogP contribution is -2.02. The van der Waals surface area contributed by atoms with Gasteiger partial charge in [0, 0.05) is 5.56 Å². The summed E-state index contributed by atoms with van der Waals surface area (Å²) >= 11 is 0. The number of rotatable bonds is 5. The SMILES string of the molecule is CCCOc1cccc(C2=NC(c3ccccc3)CO2)c1. The van der Waals surface area contributed by atoms with E-state index in [0.717, 1.165) is 24.3 Å². The molecule has 0 N–H and O–H groups in total. The Balaban J connectivity index is 1.78. The highest BCUT2D eigenvalue weighted by Crippen LogP contribution is 2.26. The van der Waals surface area contributed by atoms with Gasteiger partial charge in [-0.3, -0.25) is 0 Å². The standard InChI is InChI=1S/C18H19NO2/c1-2-11-20-16-10-6-9-15(12-16)18-19-17(13-21-18)14-7-4-3-5-8-14/h3-10,12,17H,2,11,13H2,1H3. The number of hydrogen-bond acceptors (Lipinski definition) is 3. The van der Waals surface area contributed by atoms with E-state index < -0.39 is 0 Å². The molecular weight excluding hydrogens is 262 g/mol. The summed E-state index contributed by atoms with van der Waals surface area (Å²) in [6, 6.07) is 18.3. The van der Waals surface area contributed by atoms with Gasteiger partial charge in [0.1, 0.15) is 18.4 Å². The number of aliphatic imine (C=N–C) groups is 1. The summed E-state index contributed by atoms with van der Waals surface area (Å²) in [6.45, 7) is 3.42. The molecule has 0 saturated carbocycles. The lowest BCUT2D eigenvalue weighted by Gasteiger charge is -2.06. The van der Waals surface area contributed by atoms with E-state index in [-0.39, 0.29) is 6.04 Å². The number of ether oxygens (including phenoxy) is 2. The van der Waals surface area contributed by atoms with Crippen LogP contribution in [0.4, 0.5) is 0 Å². The second-order valence-electron chi connectivity index (χ2n) is 5.05. The molecule has 2 aromatic rings. The second kappa shape index (κ2) is 6.44. The van der Waals surface area contributed by atoms with Gasteiger partial charge in [-0.05, 0) is 30.2 Å². The fourth-order valence-electron chi connectivity index (χ4n) is 2.32. The Morgan fingerprint density at radius 2 is 2.00 bits per heavy atom. The van der Waals surface area contributed by atoms with Gasteiger partial charge in [-0.1, -0.05) is 43.3 Å². The van der Waals surface area contributed by atoms with Crippen LogP contribution in [0.3, 0.4) is 0 Å². The summed E-state index contributed by atoms with van der Waals surface area (Å²) < 4.78 is 11.4. The minimum atomic E-state index is 0.0846. The predicted molar refractivity (Wildman–Crippen MR) is 83.9 cm³/mol. The molecule has 1 aliphatic rings. The first-order chi connectivity index (χ1) is 10.4. The average molecular weight is 281 g/mol. The van der Waals surface area contributed by atoms with Crippen LogP contribution in [-0.2, 0) is 4.74 Å².